The maximum absolute atomic E-state index is 5.68. The van der Waals surface area contributed by atoms with E-state index in [-0.39, 0.29) is 6.04 Å². The van der Waals surface area contributed by atoms with Crippen molar-refractivity contribution < 1.29 is 4.52 Å². The Kier molecular flexibility index (Phi) is 3.54. The monoisotopic (exact) mass is 231 g/mol. The molecule has 0 aliphatic heterocycles. The minimum Gasteiger partial charge on any atom is -0.339 e. The van der Waals surface area contributed by atoms with Gasteiger partial charge in [0.05, 0.1) is 0 Å². The lowest BCUT2D eigenvalue weighted by Crippen LogP contribution is -2.17. The molecule has 4 heteroatoms. The summed E-state index contributed by atoms with van der Waals surface area (Å²) in [6.45, 7) is 4.00. The predicted octanol–water partition coefficient (Wildman–Crippen LogP) is 1.86. The van der Waals surface area contributed by atoms with Crippen LogP contribution in [-0.2, 0) is 12.8 Å². The van der Waals surface area contributed by atoms with E-state index in [1.54, 1.807) is 0 Å². The summed E-state index contributed by atoms with van der Waals surface area (Å²) in [6.07, 6.45) is 1.33. The Morgan fingerprint density at radius 2 is 2.12 bits per heavy atom. The fourth-order valence-corrected chi connectivity index (χ4v) is 1.70. The van der Waals surface area contributed by atoms with Crippen LogP contribution in [0.2, 0.25) is 0 Å². The van der Waals surface area contributed by atoms with Crippen molar-refractivity contribution in [3.8, 4) is 0 Å². The number of nitrogens with two attached hydrogens (primary N) is 1. The van der Waals surface area contributed by atoms with Crippen molar-refractivity contribution in [2.45, 2.75) is 32.7 Å². The molecule has 0 saturated carbocycles. The molecule has 0 saturated heterocycles. The van der Waals surface area contributed by atoms with Crippen LogP contribution in [-0.4, -0.2) is 16.2 Å². The molecule has 17 heavy (non-hydrogen) atoms. The first-order valence-corrected chi connectivity index (χ1v) is 5.76. The fraction of sp³-hybridized carbons (Fsp3) is 0.385. The van der Waals surface area contributed by atoms with Gasteiger partial charge in [-0.1, -0.05) is 29.4 Å². The second-order valence-corrected chi connectivity index (χ2v) is 4.39. The molecule has 1 atom stereocenters. The zero-order valence-corrected chi connectivity index (χ0v) is 10.2. The van der Waals surface area contributed by atoms with Gasteiger partial charge < -0.3 is 10.3 Å². The third-order valence-electron chi connectivity index (χ3n) is 2.62. The van der Waals surface area contributed by atoms with Crippen LogP contribution in [0.5, 0.6) is 0 Å². The fourth-order valence-electron chi connectivity index (χ4n) is 1.70. The molecular weight excluding hydrogens is 214 g/mol. The summed E-state index contributed by atoms with van der Waals surface area (Å²) in [5.41, 5.74) is 8.15. The number of aryl methyl sites for hydroxylation is 1. The summed E-state index contributed by atoms with van der Waals surface area (Å²) < 4.78 is 5.15. The average molecular weight is 231 g/mol. The molecule has 2 aromatic rings. The molecule has 2 rings (SSSR count). The highest BCUT2D eigenvalue weighted by atomic mass is 16.5. The van der Waals surface area contributed by atoms with Crippen LogP contribution in [0.25, 0.3) is 0 Å². The molecule has 0 aliphatic rings. The van der Waals surface area contributed by atoms with Crippen LogP contribution in [0.1, 0.15) is 29.8 Å². The zero-order chi connectivity index (χ0) is 12.3. The Balaban J connectivity index is 2.09. The first-order valence-electron chi connectivity index (χ1n) is 5.76. The van der Waals surface area contributed by atoms with Crippen LogP contribution in [0.4, 0.5) is 0 Å². The quantitative estimate of drug-likeness (QED) is 0.872. The molecule has 4 nitrogen and oxygen atoms in total. The van der Waals surface area contributed by atoms with Crippen LogP contribution >= 0.6 is 0 Å². The van der Waals surface area contributed by atoms with Crippen molar-refractivity contribution in [1.82, 2.24) is 10.1 Å². The molecule has 2 N–H and O–H groups in total. The van der Waals surface area contributed by atoms with Gasteiger partial charge in [-0.25, -0.2) is 0 Å². The van der Waals surface area contributed by atoms with Gasteiger partial charge in [0.2, 0.25) is 5.89 Å². The number of rotatable bonds is 4. The number of benzene rings is 1. The van der Waals surface area contributed by atoms with Gasteiger partial charge >= 0.3 is 0 Å². The van der Waals surface area contributed by atoms with E-state index < -0.39 is 0 Å². The molecule has 0 radical (unpaired) electrons. The van der Waals surface area contributed by atoms with Gasteiger partial charge in [0.15, 0.2) is 5.82 Å². The van der Waals surface area contributed by atoms with Crippen molar-refractivity contribution in [1.29, 1.82) is 0 Å². The summed E-state index contributed by atoms with van der Waals surface area (Å²) in [7, 11) is 0. The molecule has 0 spiro atoms. The van der Waals surface area contributed by atoms with Crippen LogP contribution in [0.15, 0.2) is 28.8 Å². The van der Waals surface area contributed by atoms with Gasteiger partial charge in [0.1, 0.15) is 0 Å². The molecule has 1 aromatic carbocycles. The summed E-state index contributed by atoms with van der Waals surface area (Å²) in [6, 6.07) is 8.25. The van der Waals surface area contributed by atoms with E-state index in [1.807, 2.05) is 19.1 Å². The van der Waals surface area contributed by atoms with Crippen molar-refractivity contribution in [3.05, 3.63) is 47.1 Å². The smallest absolute Gasteiger partial charge is 0.228 e. The second kappa shape index (κ2) is 5.10. The molecule has 1 unspecified atom stereocenters. The van der Waals surface area contributed by atoms with Crippen LogP contribution in [0, 0.1) is 6.92 Å². The van der Waals surface area contributed by atoms with Crippen molar-refractivity contribution in [2.24, 2.45) is 5.73 Å². The Morgan fingerprint density at radius 3 is 2.82 bits per heavy atom. The van der Waals surface area contributed by atoms with Gasteiger partial charge in [-0.15, -0.1) is 0 Å². The lowest BCUT2D eigenvalue weighted by molar-refractivity contribution is 0.367. The molecule has 0 fully saturated rings. The summed E-state index contributed by atoms with van der Waals surface area (Å²) in [4.78, 5) is 4.33. The van der Waals surface area contributed by atoms with Crippen molar-refractivity contribution >= 4 is 0 Å². The highest BCUT2D eigenvalue weighted by Gasteiger charge is 2.09. The first kappa shape index (κ1) is 11.8. The Morgan fingerprint density at radius 1 is 1.35 bits per heavy atom. The highest BCUT2D eigenvalue weighted by molar-refractivity contribution is 5.27. The third kappa shape index (κ3) is 3.14. The predicted molar refractivity (Wildman–Crippen MR) is 65.6 cm³/mol. The average Bonchev–Trinajstić information content (AvgIpc) is 2.68. The number of hydrogen-bond donors (Lipinski definition) is 1. The Bertz CT molecular complexity index is 491. The van der Waals surface area contributed by atoms with Gasteiger partial charge in [-0.05, 0) is 25.0 Å². The van der Waals surface area contributed by atoms with E-state index in [2.05, 4.69) is 29.2 Å². The minimum absolute atomic E-state index is 0.0433. The lowest BCUT2D eigenvalue weighted by Gasteiger charge is -2.01. The summed E-state index contributed by atoms with van der Waals surface area (Å²) in [5, 5.41) is 3.96. The number of nitrogens with zero attached hydrogens (tertiary/aromatic N) is 2. The Labute approximate surface area is 101 Å². The van der Waals surface area contributed by atoms with E-state index in [0.717, 1.165) is 5.82 Å². The molecule has 90 valence electrons. The van der Waals surface area contributed by atoms with E-state index >= 15 is 0 Å². The van der Waals surface area contributed by atoms with Gasteiger partial charge in [-0.3, -0.25) is 0 Å². The third-order valence-corrected chi connectivity index (χ3v) is 2.62. The van der Waals surface area contributed by atoms with Gasteiger partial charge in [-0.2, -0.15) is 4.98 Å². The summed E-state index contributed by atoms with van der Waals surface area (Å²) in [5.74, 6) is 1.33. The molecule has 1 heterocycles. The van der Waals surface area contributed by atoms with Crippen LogP contribution < -0.4 is 5.73 Å². The maximum atomic E-state index is 5.68. The Hall–Kier alpha value is -1.68. The summed E-state index contributed by atoms with van der Waals surface area (Å²) >= 11 is 0. The van der Waals surface area contributed by atoms with Crippen molar-refractivity contribution in [2.75, 3.05) is 0 Å². The molecule has 0 aliphatic carbocycles. The minimum atomic E-state index is 0.0433. The van der Waals surface area contributed by atoms with E-state index in [0.29, 0.717) is 18.7 Å². The molecule has 0 bridgehead atoms. The molecular formula is C13H17N3O. The van der Waals surface area contributed by atoms with Gasteiger partial charge in [0.25, 0.3) is 0 Å². The van der Waals surface area contributed by atoms with E-state index in [1.165, 1.54) is 11.1 Å². The topological polar surface area (TPSA) is 64.9 Å². The van der Waals surface area contributed by atoms with Crippen LogP contribution in [0.3, 0.4) is 0 Å². The van der Waals surface area contributed by atoms with E-state index in [4.69, 9.17) is 10.3 Å². The van der Waals surface area contributed by atoms with Gasteiger partial charge in [0, 0.05) is 18.9 Å². The first-order chi connectivity index (χ1) is 8.15. The SMILES string of the molecule is Cc1ccccc1Cc1noc(CC(C)N)n1. The number of hydrogen-bond acceptors (Lipinski definition) is 4. The normalized spacial score (nSPS) is 12.6. The van der Waals surface area contributed by atoms with E-state index in [9.17, 15) is 0 Å². The largest absolute Gasteiger partial charge is 0.339 e. The highest BCUT2D eigenvalue weighted by Crippen LogP contribution is 2.11. The zero-order valence-electron chi connectivity index (χ0n) is 10.2. The molecule has 1 aromatic heterocycles. The lowest BCUT2D eigenvalue weighted by atomic mass is 10.1. The standard InChI is InChI=1S/C13H17N3O/c1-9-5-3-4-6-11(9)8-12-15-13(17-16-12)7-10(2)14/h3-6,10H,7-8,14H2,1-2H3. The van der Waals surface area contributed by atoms with Crippen molar-refractivity contribution in [3.63, 3.8) is 0 Å². The second-order valence-electron chi connectivity index (χ2n) is 4.39. The molecule has 0 amide bonds. The maximum Gasteiger partial charge on any atom is 0.228 e. The number of aromatic nitrogens is 2.